The Kier molecular flexibility index (Phi) is 6.55. The zero-order valence-corrected chi connectivity index (χ0v) is 17.8. The van der Waals surface area contributed by atoms with Gasteiger partial charge < -0.3 is 19.8 Å². The first-order chi connectivity index (χ1) is 14.7. The highest BCUT2D eigenvalue weighted by atomic mass is 16.5. The predicted molar refractivity (Wildman–Crippen MR) is 117 cm³/mol. The van der Waals surface area contributed by atoms with Crippen molar-refractivity contribution in [1.82, 2.24) is 0 Å². The molecule has 31 heavy (non-hydrogen) atoms. The van der Waals surface area contributed by atoms with Gasteiger partial charge in [-0.05, 0) is 74.7 Å². The van der Waals surface area contributed by atoms with Gasteiger partial charge in [0.15, 0.2) is 11.9 Å². The van der Waals surface area contributed by atoms with Crippen LogP contribution < -0.4 is 10.6 Å². The first-order valence-corrected chi connectivity index (χ1v) is 9.79. The highest BCUT2D eigenvalue weighted by Crippen LogP contribution is 2.20. The molecule has 3 aromatic rings. The number of anilines is 2. The average molecular weight is 420 g/mol. The molecule has 3 rings (SSSR count). The van der Waals surface area contributed by atoms with Crippen LogP contribution in [0.1, 0.15) is 44.5 Å². The number of esters is 1. The van der Waals surface area contributed by atoms with Gasteiger partial charge in [-0.2, -0.15) is 0 Å². The molecule has 160 valence electrons. The van der Waals surface area contributed by atoms with E-state index in [-0.39, 0.29) is 11.3 Å². The number of rotatable bonds is 6. The molecule has 2 aromatic carbocycles. The maximum absolute atomic E-state index is 12.6. The number of hydrogen-bond donors (Lipinski definition) is 2. The number of furan rings is 1. The van der Waals surface area contributed by atoms with Crippen molar-refractivity contribution >= 4 is 29.2 Å². The van der Waals surface area contributed by atoms with Crippen molar-refractivity contribution < 1.29 is 23.5 Å². The summed E-state index contributed by atoms with van der Waals surface area (Å²) in [5.41, 5.74) is 4.01. The Balaban J connectivity index is 1.67. The van der Waals surface area contributed by atoms with Crippen molar-refractivity contribution in [3.05, 3.63) is 82.8 Å². The third kappa shape index (κ3) is 5.39. The molecule has 0 aliphatic rings. The van der Waals surface area contributed by atoms with Gasteiger partial charge in [-0.15, -0.1) is 0 Å². The summed E-state index contributed by atoms with van der Waals surface area (Å²) < 4.78 is 10.4. The summed E-state index contributed by atoms with van der Waals surface area (Å²) in [5.74, 6) is -1.37. The van der Waals surface area contributed by atoms with Gasteiger partial charge in [0.1, 0.15) is 0 Å². The summed E-state index contributed by atoms with van der Waals surface area (Å²) in [7, 11) is 0. The number of carbonyl (C=O) groups is 3. The van der Waals surface area contributed by atoms with Crippen molar-refractivity contribution in [2.24, 2.45) is 0 Å². The number of hydrogen-bond acceptors (Lipinski definition) is 5. The molecule has 0 spiro atoms. The van der Waals surface area contributed by atoms with Crippen LogP contribution in [0.4, 0.5) is 11.4 Å². The molecule has 1 heterocycles. The highest BCUT2D eigenvalue weighted by Gasteiger charge is 2.21. The van der Waals surface area contributed by atoms with Crippen molar-refractivity contribution in [1.29, 1.82) is 0 Å². The second kappa shape index (κ2) is 9.30. The molecule has 1 atom stereocenters. The van der Waals surface area contributed by atoms with Crippen LogP contribution in [-0.2, 0) is 9.53 Å². The van der Waals surface area contributed by atoms with E-state index in [1.165, 1.54) is 19.3 Å². The van der Waals surface area contributed by atoms with Gasteiger partial charge in [0.05, 0.1) is 11.8 Å². The monoisotopic (exact) mass is 420 g/mol. The number of benzene rings is 2. The Bertz CT molecular complexity index is 1120. The SMILES string of the molecule is Cc1ccc(C)c(NC(=O)C(C)OC(=O)c2ccc(C)c(NC(=O)c3ccco3)c2)c1. The minimum absolute atomic E-state index is 0.157. The first-order valence-electron chi connectivity index (χ1n) is 9.79. The van der Waals surface area contributed by atoms with Crippen LogP contribution in [-0.4, -0.2) is 23.9 Å². The summed E-state index contributed by atoms with van der Waals surface area (Å²) in [5, 5.41) is 5.49. The lowest BCUT2D eigenvalue weighted by Crippen LogP contribution is -2.30. The molecule has 0 saturated carbocycles. The molecule has 1 unspecified atom stereocenters. The number of ether oxygens (including phenoxy) is 1. The Morgan fingerprint density at radius 2 is 1.58 bits per heavy atom. The fourth-order valence-corrected chi connectivity index (χ4v) is 2.86. The van der Waals surface area contributed by atoms with Crippen molar-refractivity contribution in [3.8, 4) is 0 Å². The summed E-state index contributed by atoms with van der Waals surface area (Å²) in [6.45, 7) is 7.12. The molecule has 0 fully saturated rings. The van der Waals surface area contributed by atoms with E-state index in [1.807, 2.05) is 32.0 Å². The van der Waals surface area contributed by atoms with E-state index < -0.39 is 23.9 Å². The van der Waals surface area contributed by atoms with E-state index in [1.54, 1.807) is 31.2 Å². The topological polar surface area (TPSA) is 97.6 Å². The van der Waals surface area contributed by atoms with Gasteiger partial charge in [0.2, 0.25) is 0 Å². The van der Waals surface area contributed by atoms with Crippen LogP contribution in [0.5, 0.6) is 0 Å². The second-order valence-electron chi connectivity index (χ2n) is 7.32. The minimum atomic E-state index is -1.00. The van der Waals surface area contributed by atoms with Crippen molar-refractivity contribution in [3.63, 3.8) is 0 Å². The third-order valence-corrected chi connectivity index (χ3v) is 4.77. The molecule has 7 nitrogen and oxygen atoms in total. The molecule has 0 aliphatic heterocycles. The Morgan fingerprint density at radius 1 is 0.903 bits per heavy atom. The molecule has 0 aliphatic carbocycles. The average Bonchev–Trinajstić information content (AvgIpc) is 3.27. The van der Waals surface area contributed by atoms with Crippen LogP contribution in [0.2, 0.25) is 0 Å². The van der Waals surface area contributed by atoms with E-state index in [2.05, 4.69) is 10.6 Å². The molecule has 2 amide bonds. The van der Waals surface area contributed by atoms with E-state index >= 15 is 0 Å². The highest BCUT2D eigenvalue weighted by molar-refractivity contribution is 6.03. The fourth-order valence-electron chi connectivity index (χ4n) is 2.86. The van der Waals surface area contributed by atoms with E-state index in [0.29, 0.717) is 11.4 Å². The molecule has 0 bridgehead atoms. The quantitative estimate of drug-likeness (QED) is 0.566. The van der Waals surface area contributed by atoms with Gasteiger partial charge in [-0.25, -0.2) is 4.79 Å². The molecule has 0 radical (unpaired) electrons. The largest absolute Gasteiger partial charge is 0.459 e. The Morgan fingerprint density at radius 3 is 2.26 bits per heavy atom. The van der Waals surface area contributed by atoms with Crippen molar-refractivity contribution in [2.75, 3.05) is 10.6 Å². The number of amides is 2. The normalized spacial score (nSPS) is 11.5. The van der Waals surface area contributed by atoms with Gasteiger partial charge in [0, 0.05) is 11.4 Å². The third-order valence-electron chi connectivity index (χ3n) is 4.77. The van der Waals surface area contributed by atoms with E-state index in [0.717, 1.165) is 16.7 Å². The summed E-state index contributed by atoms with van der Waals surface area (Å²) in [6, 6.07) is 13.6. The predicted octanol–water partition coefficient (Wildman–Crippen LogP) is 4.64. The zero-order chi connectivity index (χ0) is 22.5. The summed E-state index contributed by atoms with van der Waals surface area (Å²) >= 11 is 0. The standard InChI is InChI=1S/C24H24N2O5/c1-14-7-8-15(2)19(12-14)25-22(27)17(4)31-24(29)18-10-9-16(3)20(13-18)26-23(28)21-6-5-11-30-21/h5-13,17H,1-4H3,(H,25,27)(H,26,28). The Hall–Kier alpha value is -3.87. The molecule has 2 N–H and O–H groups in total. The van der Waals surface area contributed by atoms with Gasteiger partial charge in [0.25, 0.3) is 11.8 Å². The van der Waals surface area contributed by atoms with Crippen LogP contribution >= 0.6 is 0 Å². The van der Waals surface area contributed by atoms with Crippen LogP contribution in [0.25, 0.3) is 0 Å². The van der Waals surface area contributed by atoms with Gasteiger partial charge in [-0.1, -0.05) is 18.2 Å². The summed E-state index contributed by atoms with van der Waals surface area (Å²) in [6.07, 6.45) is 0.398. The van der Waals surface area contributed by atoms with Crippen molar-refractivity contribution in [2.45, 2.75) is 33.8 Å². The van der Waals surface area contributed by atoms with Crippen LogP contribution in [0.3, 0.4) is 0 Å². The number of aryl methyl sites for hydroxylation is 3. The maximum atomic E-state index is 12.6. The maximum Gasteiger partial charge on any atom is 0.338 e. The number of carbonyl (C=O) groups excluding carboxylic acids is 3. The molecule has 1 aromatic heterocycles. The molecular formula is C24H24N2O5. The van der Waals surface area contributed by atoms with E-state index in [4.69, 9.17) is 9.15 Å². The minimum Gasteiger partial charge on any atom is -0.459 e. The second-order valence-corrected chi connectivity index (χ2v) is 7.32. The molecule has 7 heteroatoms. The molecular weight excluding hydrogens is 396 g/mol. The lowest BCUT2D eigenvalue weighted by molar-refractivity contribution is -0.123. The lowest BCUT2D eigenvalue weighted by Gasteiger charge is -2.16. The Labute approximate surface area is 180 Å². The zero-order valence-electron chi connectivity index (χ0n) is 17.8. The van der Waals surface area contributed by atoms with E-state index in [9.17, 15) is 14.4 Å². The first kappa shape index (κ1) is 21.8. The smallest absolute Gasteiger partial charge is 0.338 e. The number of nitrogens with one attached hydrogen (secondary N) is 2. The van der Waals surface area contributed by atoms with Gasteiger partial charge >= 0.3 is 5.97 Å². The fraction of sp³-hybridized carbons (Fsp3) is 0.208. The van der Waals surface area contributed by atoms with Crippen LogP contribution in [0.15, 0.2) is 59.2 Å². The lowest BCUT2D eigenvalue weighted by atomic mass is 10.1. The van der Waals surface area contributed by atoms with Crippen LogP contribution in [0, 0.1) is 20.8 Å². The summed E-state index contributed by atoms with van der Waals surface area (Å²) in [4.78, 5) is 37.3. The van der Waals surface area contributed by atoms with Gasteiger partial charge in [-0.3, -0.25) is 9.59 Å². The molecule has 0 saturated heterocycles.